The first-order valence-electron chi connectivity index (χ1n) is 4.31. The molecule has 2 aromatic carbocycles. The normalized spacial score (nSPS) is 10.5. The van der Waals surface area contributed by atoms with Crippen LogP contribution in [0.3, 0.4) is 0 Å². The Balaban J connectivity index is 2.90. The average Bonchev–Trinajstić information content (AvgIpc) is 2.17. The van der Waals surface area contributed by atoms with Gasteiger partial charge in [-0.1, -0.05) is 35.9 Å². The Labute approximate surface area is 91.1 Å². The number of carboxylic acid groups (broad SMARTS) is 1. The van der Waals surface area contributed by atoms with Crippen molar-refractivity contribution >= 4 is 34.0 Å². The van der Waals surface area contributed by atoms with Crippen LogP contribution in [-0.4, -0.2) is 11.1 Å². The van der Waals surface area contributed by atoms with Gasteiger partial charge in [0.25, 0.3) is 0 Å². The van der Waals surface area contributed by atoms with Gasteiger partial charge < -0.3 is 10.8 Å². The lowest BCUT2D eigenvalue weighted by Gasteiger charge is -2.07. The molecule has 0 unspecified atom stereocenters. The molecule has 0 radical (unpaired) electrons. The van der Waals surface area contributed by atoms with Crippen molar-refractivity contribution in [2.75, 3.05) is 5.73 Å². The molecule has 0 aliphatic heterocycles. The molecule has 0 saturated heterocycles. The van der Waals surface area contributed by atoms with Gasteiger partial charge in [-0.3, -0.25) is 0 Å². The second kappa shape index (κ2) is 3.44. The monoisotopic (exact) mass is 221 g/mol. The number of hydrogen-bond acceptors (Lipinski definition) is 2. The number of hydrogen-bond donors (Lipinski definition) is 2. The van der Waals surface area contributed by atoms with E-state index < -0.39 is 5.97 Å². The van der Waals surface area contributed by atoms with Crippen LogP contribution in [0.2, 0.25) is 5.02 Å². The van der Waals surface area contributed by atoms with Crippen molar-refractivity contribution < 1.29 is 9.90 Å². The van der Waals surface area contributed by atoms with Gasteiger partial charge in [0.1, 0.15) is 5.56 Å². The van der Waals surface area contributed by atoms with E-state index in [9.17, 15) is 4.79 Å². The van der Waals surface area contributed by atoms with E-state index in [1.165, 1.54) is 0 Å². The summed E-state index contributed by atoms with van der Waals surface area (Å²) in [5, 5.41) is 10.7. The highest BCUT2D eigenvalue weighted by atomic mass is 35.5. The van der Waals surface area contributed by atoms with Gasteiger partial charge in [-0.05, 0) is 11.5 Å². The number of benzene rings is 2. The minimum Gasteiger partial charge on any atom is -0.478 e. The van der Waals surface area contributed by atoms with Gasteiger partial charge in [0.2, 0.25) is 0 Å². The molecule has 0 aliphatic carbocycles. The van der Waals surface area contributed by atoms with E-state index in [1.807, 2.05) is 12.1 Å². The lowest BCUT2D eigenvalue weighted by Crippen LogP contribution is -2.03. The molecule has 0 aromatic heterocycles. The minimum absolute atomic E-state index is 0.0321. The highest BCUT2D eigenvalue weighted by Crippen LogP contribution is 2.31. The number of halogens is 1. The highest BCUT2D eigenvalue weighted by Gasteiger charge is 2.15. The van der Waals surface area contributed by atoms with Crippen LogP contribution in [0.15, 0.2) is 30.3 Å². The number of fused-ring (bicyclic) bond motifs is 1. The molecule has 15 heavy (non-hydrogen) atoms. The fourth-order valence-corrected chi connectivity index (χ4v) is 1.90. The largest absolute Gasteiger partial charge is 0.478 e. The topological polar surface area (TPSA) is 63.3 Å². The van der Waals surface area contributed by atoms with Gasteiger partial charge in [-0.25, -0.2) is 4.79 Å². The van der Waals surface area contributed by atoms with Crippen molar-refractivity contribution in [2.45, 2.75) is 0 Å². The third-order valence-corrected chi connectivity index (χ3v) is 2.62. The Morgan fingerprint density at radius 1 is 1.33 bits per heavy atom. The lowest BCUT2D eigenvalue weighted by molar-refractivity contribution is 0.0698. The van der Waals surface area contributed by atoms with E-state index in [4.69, 9.17) is 22.4 Å². The molecule has 2 rings (SSSR count). The predicted molar refractivity (Wildman–Crippen MR) is 60.3 cm³/mol. The zero-order chi connectivity index (χ0) is 11.0. The van der Waals surface area contributed by atoms with Crippen LogP contribution in [0.4, 0.5) is 5.69 Å². The van der Waals surface area contributed by atoms with Gasteiger partial charge in [0, 0.05) is 11.1 Å². The van der Waals surface area contributed by atoms with E-state index in [1.54, 1.807) is 18.2 Å². The number of carboxylic acids is 1. The van der Waals surface area contributed by atoms with Crippen molar-refractivity contribution in [3.8, 4) is 0 Å². The predicted octanol–water partition coefficient (Wildman–Crippen LogP) is 2.77. The summed E-state index contributed by atoms with van der Waals surface area (Å²) in [5.41, 5.74) is 5.78. The van der Waals surface area contributed by atoms with Crippen molar-refractivity contribution in [3.63, 3.8) is 0 Å². The van der Waals surface area contributed by atoms with Crippen molar-refractivity contribution in [1.82, 2.24) is 0 Å². The molecule has 0 atom stereocenters. The molecule has 0 amide bonds. The molecular weight excluding hydrogens is 214 g/mol. The highest BCUT2D eigenvalue weighted by molar-refractivity contribution is 6.39. The molecular formula is C11H8ClNO2. The van der Waals surface area contributed by atoms with Gasteiger partial charge in [-0.15, -0.1) is 0 Å². The number of nitrogen functional groups attached to an aromatic ring is 1. The van der Waals surface area contributed by atoms with E-state index in [2.05, 4.69) is 0 Å². The van der Waals surface area contributed by atoms with Crippen molar-refractivity contribution in [1.29, 1.82) is 0 Å². The van der Waals surface area contributed by atoms with Gasteiger partial charge >= 0.3 is 5.97 Å². The zero-order valence-electron chi connectivity index (χ0n) is 7.70. The smallest absolute Gasteiger partial charge is 0.339 e. The Bertz CT molecular complexity index is 552. The second-order valence-corrected chi connectivity index (χ2v) is 3.56. The Morgan fingerprint density at radius 2 is 2.00 bits per heavy atom. The first kappa shape index (κ1) is 9.80. The fourth-order valence-electron chi connectivity index (χ4n) is 1.54. The summed E-state index contributed by atoms with van der Waals surface area (Å²) in [6.45, 7) is 0. The van der Waals surface area contributed by atoms with Crippen LogP contribution in [0.1, 0.15) is 10.4 Å². The van der Waals surface area contributed by atoms with E-state index in [0.717, 1.165) is 5.39 Å². The standard InChI is InChI=1S/C11H8ClNO2/c12-10-7-4-2-1-3-6(7)5-8(13)9(10)11(14)15/h1-5H,13H2,(H,14,15). The molecule has 0 fully saturated rings. The van der Waals surface area contributed by atoms with Crippen molar-refractivity contribution in [3.05, 3.63) is 40.9 Å². The van der Waals surface area contributed by atoms with E-state index in [0.29, 0.717) is 5.39 Å². The van der Waals surface area contributed by atoms with Gasteiger partial charge in [-0.2, -0.15) is 0 Å². The summed E-state index contributed by atoms with van der Waals surface area (Å²) in [6.07, 6.45) is 0. The summed E-state index contributed by atoms with van der Waals surface area (Å²) >= 11 is 5.98. The summed E-state index contributed by atoms with van der Waals surface area (Å²) in [7, 11) is 0. The molecule has 0 saturated carbocycles. The average molecular weight is 222 g/mol. The maximum atomic E-state index is 10.9. The zero-order valence-corrected chi connectivity index (χ0v) is 8.45. The maximum absolute atomic E-state index is 10.9. The van der Waals surface area contributed by atoms with Gasteiger partial charge in [0.15, 0.2) is 0 Å². The molecule has 4 heteroatoms. The summed E-state index contributed by atoms with van der Waals surface area (Å²) in [5.74, 6) is -1.11. The number of carbonyl (C=O) groups is 1. The van der Waals surface area contributed by atoms with E-state index >= 15 is 0 Å². The first-order chi connectivity index (χ1) is 7.11. The first-order valence-corrected chi connectivity index (χ1v) is 4.69. The summed E-state index contributed by atoms with van der Waals surface area (Å²) < 4.78 is 0. The quantitative estimate of drug-likeness (QED) is 0.728. The van der Waals surface area contributed by atoms with E-state index in [-0.39, 0.29) is 16.3 Å². The van der Waals surface area contributed by atoms with Crippen LogP contribution in [0.5, 0.6) is 0 Å². The molecule has 0 heterocycles. The SMILES string of the molecule is Nc1cc2ccccc2c(Cl)c1C(=O)O. The Morgan fingerprint density at radius 3 is 2.67 bits per heavy atom. The lowest BCUT2D eigenvalue weighted by atomic mass is 10.1. The molecule has 0 spiro atoms. The molecule has 76 valence electrons. The van der Waals surface area contributed by atoms with Crippen LogP contribution in [0, 0.1) is 0 Å². The van der Waals surface area contributed by atoms with Crippen LogP contribution < -0.4 is 5.73 Å². The van der Waals surface area contributed by atoms with Crippen LogP contribution in [-0.2, 0) is 0 Å². The number of anilines is 1. The third kappa shape index (κ3) is 1.51. The molecule has 0 aliphatic rings. The van der Waals surface area contributed by atoms with Crippen LogP contribution in [0.25, 0.3) is 10.8 Å². The number of nitrogens with two attached hydrogens (primary N) is 1. The Hall–Kier alpha value is -1.74. The molecule has 2 aromatic rings. The fraction of sp³-hybridized carbons (Fsp3) is 0. The van der Waals surface area contributed by atoms with Crippen molar-refractivity contribution in [2.24, 2.45) is 0 Å². The maximum Gasteiger partial charge on any atom is 0.339 e. The third-order valence-electron chi connectivity index (χ3n) is 2.23. The molecule has 0 bridgehead atoms. The molecule has 3 N–H and O–H groups in total. The number of rotatable bonds is 1. The summed E-state index contributed by atoms with van der Waals surface area (Å²) in [4.78, 5) is 10.9. The second-order valence-electron chi connectivity index (χ2n) is 3.18. The van der Waals surface area contributed by atoms with Crippen LogP contribution >= 0.6 is 11.6 Å². The summed E-state index contributed by atoms with van der Waals surface area (Å²) in [6, 6.07) is 8.87. The number of aromatic carboxylic acids is 1. The van der Waals surface area contributed by atoms with Gasteiger partial charge in [0.05, 0.1) is 5.02 Å². The molecule has 3 nitrogen and oxygen atoms in total. The Kier molecular flexibility index (Phi) is 2.25. The minimum atomic E-state index is -1.11.